The van der Waals surface area contributed by atoms with Crippen molar-refractivity contribution >= 4 is 17.4 Å². The van der Waals surface area contributed by atoms with Crippen molar-refractivity contribution in [3.63, 3.8) is 0 Å². The third kappa shape index (κ3) is 3.01. The van der Waals surface area contributed by atoms with Crippen LogP contribution in [0.3, 0.4) is 0 Å². The Kier molecular flexibility index (Phi) is 4.05. The summed E-state index contributed by atoms with van der Waals surface area (Å²) in [6.07, 6.45) is 1.21. The smallest absolute Gasteiger partial charge is 0.219 e. The fourth-order valence-electron chi connectivity index (χ4n) is 3.78. The van der Waals surface area contributed by atoms with Crippen molar-refractivity contribution in [2.24, 2.45) is 5.41 Å². The van der Waals surface area contributed by atoms with E-state index < -0.39 is 6.04 Å². The molecule has 2 heterocycles. The number of nitrogens with one attached hydrogen (secondary N) is 2. The van der Waals surface area contributed by atoms with Crippen molar-refractivity contribution < 1.29 is 18.9 Å². The molecular weight excluding hydrogens is 348 g/mol. The number of hydrogen-bond donors (Lipinski definition) is 2. The lowest BCUT2D eigenvalue weighted by atomic mass is 9.73. The monoisotopic (exact) mass is 370 g/mol. The molecule has 0 fully saturated rings. The van der Waals surface area contributed by atoms with E-state index in [4.69, 9.17) is 14.1 Å². The number of carbonyl (C=O) groups excluding carboxylic acids is 1. The quantitative estimate of drug-likeness (QED) is 0.849. The normalized spacial score (nSPS) is 20.7. The molecule has 8 nitrogen and oxygen atoms in total. The van der Waals surface area contributed by atoms with E-state index in [1.807, 2.05) is 18.2 Å². The van der Waals surface area contributed by atoms with Gasteiger partial charge in [0.15, 0.2) is 17.3 Å². The van der Waals surface area contributed by atoms with Gasteiger partial charge >= 0.3 is 0 Å². The number of carbonyl (C=O) groups is 1. The van der Waals surface area contributed by atoms with Gasteiger partial charge in [0, 0.05) is 17.7 Å². The van der Waals surface area contributed by atoms with Gasteiger partial charge in [-0.2, -0.15) is 0 Å². The van der Waals surface area contributed by atoms with E-state index in [0.717, 1.165) is 17.7 Å². The van der Waals surface area contributed by atoms with Gasteiger partial charge in [0.25, 0.3) is 0 Å². The third-order valence-corrected chi connectivity index (χ3v) is 4.99. The molecule has 2 N–H and O–H groups in total. The van der Waals surface area contributed by atoms with Gasteiger partial charge in [0.1, 0.15) is 0 Å². The molecule has 1 aliphatic heterocycles. The molecule has 0 amide bonds. The topological polar surface area (TPSA) is 98.5 Å². The second kappa shape index (κ2) is 6.29. The minimum absolute atomic E-state index is 0.100. The molecule has 2 aliphatic rings. The number of benzene rings is 1. The predicted octanol–water partition coefficient (Wildman–Crippen LogP) is 3.31. The maximum absolute atomic E-state index is 13.1. The van der Waals surface area contributed by atoms with Gasteiger partial charge in [-0.1, -0.05) is 19.9 Å². The first-order valence-corrected chi connectivity index (χ1v) is 8.76. The molecule has 0 bridgehead atoms. The molecule has 2 aromatic rings. The van der Waals surface area contributed by atoms with E-state index in [0.29, 0.717) is 35.1 Å². The zero-order valence-electron chi connectivity index (χ0n) is 15.8. The molecule has 142 valence electrons. The van der Waals surface area contributed by atoms with Crippen LogP contribution in [0.2, 0.25) is 0 Å². The molecule has 1 atom stereocenters. The van der Waals surface area contributed by atoms with Crippen LogP contribution in [-0.4, -0.2) is 30.3 Å². The molecule has 0 saturated carbocycles. The van der Waals surface area contributed by atoms with Gasteiger partial charge in [-0.05, 0) is 39.8 Å². The number of ether oxygens (including phenoxy) is 2. The lowest BCUT2D eigenvalue weighted by molar-refractivity contribution is -0.118. The summed E-state index contributed by atoms with van der Waals surface area (Å²) in [4.78, 5) is 13.1. The summed E-state index contributed by atoms with van der Waals surface area (Å²) < 4.78 is 15.6. The first-order chi connectivity index (χ1) is 12.9. The highest BCUT2D eigenvalue weighted by molar-refractivity contribution is 6.00. The van der Waals surface area contributed by atoms with Gasteiger partial charge < -0.3 is 20.1 Å². The molecule has 0 saturated heterocycles. The minimum Gasteiger partial charge on any atom is -0.493 e. The largest absolute Gasteiger partial charge is 0.493 e. The van der Waals surface area contributed by atoms with Crippen LogP contribution in [0.5, 0.6) is 11.5 Å². The summed E-state index contributed by atoms with van der Waals surface area (Å²) in [6.45, 7) is 4.17. The summed E-state index contributed by atoms with van der Waals surface area (Å²) in [6, 6.07) is 5.21. The van der Waals surface area contributed by atoms with Crippen molar-refractivity contribution in [1.29, 1.82) is 0 Å². The van der Waals surface area contributed by atoms with E-state index in [1.165, 1.54) is 0 Å². The molecule has 0 radical (unpaired) electrons. The number of nitrogens with zero attached hydrogens (tertiary/aromatic N) is 2. The highest BCUT2D eigenvalue weighted by Gasteiger charge is 2.39. The minimum atomic E-state index is -0.399. The Morgan fingerprint density at radius 1 is 1.11 bits per heavy atom. The van der Waals surface area contributed by atoms with E-state index in [-0.39, 0.29) is 11.2 Å². The van der Waals surface area contributed by atoms with Crippen molar-refractivity contribution in [3.8, 4) is 11.5 Å². The SMILES string of the molecule is COc1ccc(C2Nc3nonc3NC3=C2C(=O)CC(C)(C)C3)cc1OC. The van der Waals surface area contributed by atoms with E-state index in [9.17, 15) is 4.79 Å². The molecular formula is C19H22N4O4. The molecule has 1 aromatic heterocycles. The highest BCUT2D eigenvalue weighted by Crippen LogP contribution is 2.45. The number of allylic oxidation sites excluding steroid dienone is 1. The maximum atomic E-state index is 13.1. The first-order valence-electron chi connectivity index (χ1n) is 8.76. The highest BCUT2D eigenvalue weighted by atomic mass is 16.6. The number of fused-ring (bicyclic) bond motifs is 1. The van der Waals surface area contributed by atoms with Crippen molar-refractivity contribution in [2.45, 2.75) is 32.7 Å². The zero-order valence-corrected chi connectivity index (χ0v) is 15.8. The second-order valence-electron chi connectivity index (χ2n) is 7.61. The Bertz CT molecular complexity index is 932. The fourth-order valence-corrected chi connectivity index (χ4v) is 3.78. The predicted molar refractivity (Wildman–Crippen MR) is 98.9 cm³/mol. The van der Waals surface area contributed by atoms with Gasteiger partial charge in [-0.3, -0.25) is 4.79 Å². The molecule has 1 unspecified atom stereocenters. The standard InChI is InChI=1S/C19H22N4O4/c1-19(2)8-11-15(12(24)9-19)16(21-18-17(20-11)22-27-23-18)10-5-6-13(25-3)14(7-10)26-4/h5-7,16H,8-9H2,1-4H3,(H,20,22)(H,21,23). The van der Waals surface area contributed by atoms with Crippen LogP contribution in [0.15, 0.2) is 34.1 Å². The molecule has 1 aliphatic carbocycles. The summed E-state index contributed by atoms with van der Waals surface area (Å²) in [5.41, 5.74) is 2.28. The molecule has 0 spiro atoms. The van der Waals surface area contributed by atoms with Gasteiger partial charge in [0.05, 0.1) is 20.3 Å². The van der Waals surface area contributed by atoms with E-state index in [2.05, 4.69) is 34.8 Å². The van der Waals surface area contributed by atoms with Gasteiger partial charge in [-0.15, -0.1) is 0 Å². The molecule has 8 heteroatoms. The van der Waals surface area contributed by atoms with Crippen LogP contribution in [0.1, 0.15) is 38.3 Å². The Morgan fingerprint density at radius 3 is 2.59 bits per heavy atom. The average Bonchev–Trinajstić information content (AvgIpc) is 2.99. The maximum Gasteiger partial charge on any atom is 0.219 e. The zero-order chi connectivity index (χ0) is 19.2. The number of Topliss-reactive ketones (excluding diaryl/α,β-unsaturated/α-hetero) is 1. The van der Waals surface area contributed by atoms with Gasteiger partial charge in [-0.25, -0.2) is 4.63 Å². The number of hydrogen-bond acceptors (Lipinski definition) is 8. The number of ketones is 1. The summed E-state index contributed by atoms with van der Waals surface area (Å²) in [5, 5.41) is 14.4. The van der Waals surface area contributed by atoms with Crippen LogP contribution in [-0.2, 0) is 4.79 Å². The summed E-state index contributed by atoms with van der Waals surface area (Å²) in [5.74, 6) is 2.27. The summed E-state index contributed by atoms with van der Waals surface area (Å²) >= 11 is 0. The summed E-state index contributed by atoms with van der Waals surface area (Å²) in [7, 11) is 3.18. The molecule has 4 rings (SSSR count). The average molecular weight is 370 g/mol. The van der Waals surface area contributed by atoms with Crippen LogP contribution in [0.25, 0.3) is 0 Å². The van der Waals surface area contributed by atoms with Crippen LogP contribution in [0, 0.1) is 5.41 Å². The molecule has 27 heavy (non-hydrogen) atoms. The number of aromatic nitrogens is 2. The Balaban J connectivity index is 1.86. The van der Waals surface area contributed by atoms with Crippen molar-refractivity contribution in [3.05, 3.63) is 35.0 Å². The van der Waals surface area contributed by atoms with Crippen LogP contribution < -0.4 is 20.1 Å². The molecule has 1 aromatic carbocycles. The lowest BCUT2D eigenvalue weighted by Crippen LogP contribution is -2.31. The Labute approximate surface area is 156 Å². The van der Waals surface area contributed by atoms with Gasteiger partial charge in [0.2, 0.25) is 11.6 Å². The number of anilines is 2. The number of rotatable bonds is 3. The Hall–Kier alpha value is -3.03. The van der Waals surface area contributed by atoms with Crippen LogP contribution in [0.4, 0.5) is 11.6 Å². The fraction of sp³-hybridized carbons (Fsp3) is 0.421. The van der Waals surface area contributed by atoms with Crippen molar-refractivity contribution in [1.82, 2.24) is 10.3 Å². The van der Waals surface area contributed by atoms with Crippen LogP contribution >= 0.6 is 0 Å². The third-order valence-electron chi connectivity index (χ3n) is 4.99. The lowest BCUT2D eigenvalue weighted by Gasteiger charge is -2.34. The Morgan fingerprint density at radius 2 is 1.85 bits per heavy atom. The van der Waals surface area contributed by atoms with Crippen molar-refractivity contribution in [2.75, 3.05) is 24.9 Å². The van der Waals surface area contributed by atoms with E-state index >= 15 is 0 Å². The number of methoxy groups -OCH3 is 2. The first kappa shape index (κ1) is 17.4. The second-order valence-corrected chi connectivity index (χ2v) is 7.61. The van der Waals surface area contributed by atoms with E-state index in [1.54, 1.807) is 14.2 Å².